The first-order chi connectivity index (χ1) is 16.2. The van der Waals surface area contributed by atoms with Crippen LogP contribution in [0.2, 0.25) is 0 Å². The molecule has 0 saturated heterocycles. The zero-order valence-corrected chi connectivity index (χ0v) is 19.8. The van der Waals surface area contributed by atoms with Crippen LogP contribution >= 0.6 is 0 Å². The van der Waals surface area contributed by atoms with Gasteiger partial charge in [-0.05, 0) is 72.2 Å². The van der Waals surface area contributed by atoms with Gasteiger partial charge in [0.15, 0.2) is 0 Å². The van der Waals surface area contributed by atoms with Crippen LogP contribution in [0.1, 0.15) is 27.7 Å². The summed E-state index contributed by atoms with van der Waals surface area (Å²) in [4.78, 5) is 0. The zero-order chi connectivity index (χ0) is 23.7. The Morgan fingerprint density at radius 1 is 0.706 bits per heavy atom. The number of rotatable bonds is 4. The minimum absolute atomic E-state index is 0.774. The second kappa shape index (κ2) is 7.33. The Labute approximate surface area is 199 Å². The van der Waals surface area contributed by atoms with Gasteiger partial charge in [-0.25, -0.2) is 0 Å². The number of hydrogen-bond donors (Lipinski definition) is 1. The number of fused-ring (bicyclic) bond motifs is 8. The number of benzene rings is 5. The monoisotopic (exact) mass is 445 g/mol. The Balaban J connectivity index is 1.70. The summed E-state index contributed by atoms with van der Waals surface area (Å²) in [6, 6.07) is 27.5. The summed E-state index contributed by atoms with van der Waals surface area (Å²) >= 11 is 0. The predicted octanol–water partition coefficient (Wildman–Crippen LogP) is 6.86. The van der Waals surface area contributed by atoms with Crippen LogP contribution in [0.4, 0.5) is 0 Å². The number of hydrogen-bond acceptors (Lipinski definition) is 3. The molecule has 0 aliphatic heterocycles. The second-order valence-corrected chi connectivity index (χ2v) is 10.2. The minimum atomic E-state index is -1.01. The summed E-state index contributed by atoms with van der Waals surface area (Å²) in [6.07, 6.45) is 0. The normalized spacial score (nSPS) is 13.0. The van der Waals surface area contributed by atoms with Crippen LogP contribution in [0, 0.1) is 0 Å². The summed E-state index contributed by atoms with van der Waals surface area (Å²) in [7, 11) is 1.78. The lowest BCUT2D eigenvalue weighted by Gasteiger charge is -2.37. The quantitative estimate of drug-likeness (QED) is 0.238. The third kappa shape index (κ3) is 3.21. The van der Waals surface area contributed by atoms with E-state index in [1.165, 1.54) is 10.8 Å². The molecule has 1 heterocycles. The molecule has 1 aromatic heterocycles. The van der Waals surface area contributed by atoms with Gasteiger partial charge in [0.1, 0.15) is 11.2 Å². The Hall–Kier alpha value is -3.34. The molecular weight excluding hydrogens is 419 g/mol. The summed E-state index contributed by atoms with van der Waals surface area (Å²) in [5, 5.41) is 19.5. The highest BCUT2D eigenvalue weighted by Gasteiger charge is 2.36. The molecule has 0 aliphatic carbocycles. The van der Waals surface area contributed by atoms with Crippen molar-refractivity contribution >= 4 is 67.2 Å². The van der Waals surface area contributed by atoms with Crippen molar-refractivity contribution in [2.24, 2.45) is 0 Å². The third-order valence-corrected chi connectivity index (χ3v) is 7.30. The van der Waals surface area contributed by atoms with Crippen molar-refractivity contribution in [3.05, 3.63) is 78.9 Å². The molecule has 34 heavy (non-hydrogen) atoms. The maximum Gasteiger partial charge on any atom is 0.331 e. The molecule has 0 saturated carbocycles. The smallest absolute Gasteiger partial charge is 0.331 e. The molecule has 0 unspecified atom stereocenters. The molecule has 1 radical (unpaired) electrons. The second-order valence-electron chi connectivity index (χ2n) is 10.2. The number of furan rings is 1. The number of aliphatic hydroxyl groups is 1. The topological polar surface area (TPSA) is 42.6 Å². The first-order valence-corrected chi connectivity index (χ1v) is 11.7. The van der Waals surface area contributed by atoms with Crippen molar-refractivity contribution < 1.29 is 14.2 Å². The van der Waals surface area contributed by atoms with E-state index in [4.69, 9.17) is 9.07 Å². The van der Waals surface area contributed by atoms with Crippen LogP contribution in [0.3, 0.4) is 0 Å². The van der Waals surface area contributed by atoms with Gasteiger partial charge in [-0.2, -0.15) is 0 Å². The fourth-order valence-electron chi connectivity index (χ4n) is 4.59. The molecule has 0 spiro atoms. The Morgan fingerprint density at radius 3 is 2.09 bits per heavy atom. The van der Waals surface area contributed by atoms with Gasteiger partial charge in [0.2, 0.25) is 0 Å². The fraction of sp³-hybridized carbons (Fsp3) is 0.200. The minimum Gasteiger partial charge on any atom is -0.455 e. The molecule has 0 fully saturated rings. The molecule has 5 aromatic carbocycles. The molecule has 6 aromatic rings. The van der Waals surface area contributed by atoms with E-state index in [1.54, 1.807) is 21.3 Å². The molecule has 0 aliphatic rings. The van der Waals surface area contributed by atoms with Gasteiger partial charge in [0, 0.05) is 16.2 Å². The first kappa shape index (κ1) is 21.2. The predicted molar refractivity (Wildman–Crippen MR) is 143 cm³/mol. The van der Waals surface area contributed by atoms with Gasteiger partial charge in [0.25, 0.3) is 0 Å². The summed E-state index contributed by atoms with van der Waals surface area (Å²) in [5.41, 5.74) is 0.860. The van der Waals surface area contributed by atoms with E-state index in [9.17, 15) is 5.11 Å². The molecule has 167 valence electrons. The maximum atomic E-state index is 10.6. The molecule has 1 N–H and O–H groups in total. The average Bonchev–Trinajstić information content (AvgIpc) is 3.18. The van der Waals surface area contributed by atoms with E-state index in [2.05, 4.69) is 72.8 Å². The van der Waals surface area contributed by atoms with Gasteiger partial charge in [-0.3, -0.25) is 0 Å². The van der Waals surface area contributed by atoms with E-state index in [-0.39, 0.29) is 0 Å². The Morgan fingerprint density at radius 2 is 1.35 bits per heavy atom. The van der Waals surface area contributed by atoms with E-state index < -0.39 is 11.2 Å². The SMILES string of the molecule is CC(C)(O)C(C)(C)O[B]c1cc2ccc3ccccc3c2c2oc3cc4ccccc4cc3c12. The van der Waals surface area contributed by atoms with E-state index in [1.807, 2.05) is 19.9 Å². The van der Waals surface area contributed by atoms with Crippen molar-refractivity contribution in [2.45, 2.75) is 38.9 Å². The molecule has 0 bridgehead atoms. The van der Waals surface area contributed by atoms with Crippen LogP contribution in [-0.4, -0.2) is 23.8 Å². The summed E-state index contributed by atoms with van der Waals surface area (Å²) < 4.78 is 12.8. The lowest BCUT2D eigenvalue weighted by molar-refractivity contribution is -0.0893. The van der Waals surface area contributed by atoms with Gasteiger partial charge >= 0.3 is 7.48 Å². The van der Waals surface area contributed by atoms with Crippen LogP contribution in [-0.2, 0) is 4.65 Å². The lowest BCUT2D eigenvalue weighted by atomic mass is 9.79. The van der Waals surface area contributed by atoms with Crippen molar-refractivity contribution in [1.82, 2.24) is 0 Å². The maximum absolute atomic E-state index is 10.6. The van der Waals surface area contributed by atoms with Gasteiger partial charge in [-0.15, -0.1) is 0 Å². The van der Waals surface area contributed by atoms with Gasteiger partial charge < -0.3 is 14.2 Å². The average molecular weight is 445 g/mol. The Bertz CT molecular complexity index is 1720. The third-order valence-electron chi connectivity index (χ3n) is 7.30. The van der Waals surface area contributed by atoms with Crippen molar-refractivity contribution in [3.63, 3.8) is 0 Å². The van der Waals surface area contributed by atoms with Crippen LogP contribution < -0.4 is 5.46 Å². The van der Waals surface area contributed by atoms with E-state index in [0.29, 0.717) is 0 Å². The van der Waals surface area contributed by atoms with Crippen molar-refractivity contribution in [3.8, 4) is 0 Å². The van der Waals surface area contributed by atoms with Crippen LogP contribution in [0.15, 0.2) is 83.3 Å². The Kier molecular flexibility index (Phi) is 4.57. The highest BCUT2D eigenvalue weighted by molar-refractivity contribution is 6.54. The van der Waals surface area contributed by atoms with Crippen LogP contribution in [0.25, 0.3) is 54.3 Å². The molecule has 6 rings (SSSR count). The standard InChI is InChI=1S/C30H26BO3/c1-29(2,32)30(3,4)34-31-24-16-21-14-13-18-9-7-8-12-22(18)26(21)28-27(24)23-15-19-10-5-6-11-20(19)17-25(23)33-28/h5-17,32H,1-4H3. The highest BCUT2D eigenvalue weighted by atomic mass is 16.5. The van der Waals surface area contributed by atoms with Crippen molar-refractivity contribution in [2.75, 3.05) is 0 Å². The highest BCUT2D eigenvalue weighted by Crippen LogP contribution is 2.38. The van der Waals surface area contributed by atoms with E-state index >= 15 is 0 Å². The van der Waals surface area contributed by atoms with Gasteiger partial charge in [-0.1, -0.05) is 66.7 Å². The molecular formula is C30H26BO3. The molecule has 4 heteroatoms. The first-order valence-electron chi connectivity index (χ1n) is 11.7. The fourth-order valence-corrected chi connectivity index (χ4v) is 4.59. The van der Waals surface area contributed by atoms with Crippen molar-refractivity contribution in [1.29, 1.82) is 0 Å². The largest absolute Gasteiger partial charge is 0.455 e. The zero-order valence-electron chi connectivity index (χ0n) is 19.8. The molecule has 0 amide bonds. The van der Waals surface area contributed by atoms with E-state index in [0.717, 1.165) is 48.9 Å². The lowest BCUT2D eigenvalue weighted by Crippen LogP contribution is -2.49. The van der Waals surface area contributed by atoms with Crippen LogP contribution in [0.5, 0.6) is 0 Å². The summed E-state index contributed by atoms with van der Waals surface area (Å²) in [6.45, 7) is 7.33. The van der Waals surface area contributed by atoms with Gasteiger partial charge in [0.05, 0.1) is 11.2 Å². The molecule has 3 nitrogen and oxygen atoms in total. The summed E-state index contributed by atoms with van der Waals surface area (Å²) in [5.74, 6) is 0. The molecule has 0 atom stereocenters.